The number of rotatable bonds is 0. The molecular formula is C10H7FO2. The summed E-state index contributed by atoms with van der Waals surface area (Å²) in [6.07, 6.45) is 0. The Balaban J connectivity index is 3.00. The first-order valence-corrected chi connectivity index (χ1v) is 3.60. The molecule has 0 unspecified atom stereocenters. The number of carboxylic acid groups (broad SMARTS) is 1. The molecule has 66 valence electrons. The van der Waals surface area contributed by atoms with E-state index in [-0.39, 0.29) is 5.82 Å². The maximum atomic E-state index is 12.7. The third-order valence-electron chi connectivity index (χ3n) is 1.47. The smallest absolute Gasteiger partial charge is 0.382 e. The molecule has 1 aromatic carbocycles. The molecule has 0 heterocycles. The number of aliphatic carboxylic acids is 1. The molecule has 0 aliphatic carbocycles. The van der Waals surface area contributed by atoms with Gasteiger partial charge in [0, 0.05) is 11.5 Å². The van der Waals surface area contributed by atoms with E-state index in [4.69, 9.17) is 5.11 Å². The third-order valence-corrected chi connectivity index (χ3v) is 1.47. The second kappa shape index (κ2) is 3.72. The first kappa shape index (κ1) is 9.27. The quantitative estimate of drug-likeness (QED) is 0.612. The zero-order valence-corrected chi connectivity index (χ0v) is 6.97. The van der Waals surface area contributed by atoms with Crippen LogP contribution in [-0.2, 0) is 4.79 Å². The maximum absolute atomic E-state index is 12.7. The largest absolute Gasteiger partial charge is 0.472 e. The number of halogens is 1. The van der Waals surface area contributed by atoms with Gasteiger partial charge in [-0.05, 0) is 30.7 Å². The molecule has 1 N–H and O–H groups in total. The molecule has 0 bridgehead atoms. The van der Waals surface area contributed by atoms with Crippen molar-refractivity contribution in [2.75, 3.05) is 0 Å². The van der Waals surface area contributed by atoms with E-state index >= 15 is 0 Å². The van der Waals surface area contributed by atoms with Crippen LogP contribution in [0.5, 0.6) is 0 Å². The Morgan fingerprint density at radius 2 is 2.23 bits per heavy atom. The van der Waals surface area contributed by atoms with Crippen LogP contribution in [0.25, 0.3) is 0 Å². The van der Waals surface area contributed by atoms with Crippen molar-refractivity contribution in [1.29, 1.82) is 0 Å². The van der Waals surface area contributed by atoms with Gasteiger partial charge < -0.3 is 5.11 Å². The van der Waals surface area contributed by atoms with Crippen LogP contribution in [-0.4, -0.2) is 11.1 Å². The normalized spacial score (nSPS) is 8.77. The Labute approximate surface area is 75.0 Å². The van der Waals surface area contributed by atoms with E-state index in [1.165, 1.54) is 18.2 Å². The molecule has 2 nitrogen and oxygen atoms in total. The lowest BCUT2D eigenvalue weighted by atomic mass is 10.1. The molecule has 3 heteroatoms. The minimum absolute atomic E-state index is 0.319. The van der Waals surface area contributed by atoms with Gasteiger partial charge >= 0.3 is 5.97 Å². The van der Waals surface area contributed by atoms with Crippen molar-refractivity contribution in [2.24, 2.45) is 0 Å². The first-order valence-electron chi connectivity index (χ1n) is 3.60. The highest BCUT2D eigenvalue weighted by molar-refractivity contribution is 5.87. The minimum atomic E-state index is -1.19. The van der Waals surface area contributed by atoms with Crippen LogP contribution >= 0.6 is 0 Å². The van der Waals surface area contributed by atoms with Crippen LogP contribution in [0.2, 0.25) is 0 Å². The van der Waals surface area contributed by atoms with Crippen molar-refractivity contribution >= 4 is 5.97 Å². The van der Waals surface area contributed by atoms with Crippen LogP contribution < -0.4 is 0 Å². The molecule has 0 spiro atoms. The van der Waals surface area contributed by atoms with E-state index in [1.54, 1.807) is 6.92 Å². The summed E-state index contributed by atoms with van der Waals surface area (Å²) in [7, 11) is 0. The summed E-state index contributed by atoms with van der Waals surface area (Å²) < 4.78 is 12.7. The molecule has 0 amide bonds. The van der Waals surface area contributed by atoms with Gasteiger partial charge in [0.05, 0.1) is 0 Å². The van der Waals surface area contributed by atoms with Gasteiger partial charge in [0.2, 0.25) is 0 Å². The molecule has 0 saturated carbocycles. The predicted octanol–water partition coefficient (Wildman–Crippen LogP) is 1.57. The van der Waals surface area contributed by atoms with Gasteiger partial charge in [-0.3, -0.25) is 0 Å². The Morgan fingerprint density at radius 3 is 2.77 bits per heavy atom. The maximum Gasteiger partial charge on any atom is 0.382 e. The Hall–Kier alpha value is -1.82. The topological polar surface area (TPSA) is 37.3 Å². The average molecular weight is 178 g/mol. The van der Waals surface area contributed by atoms with Crippen molar-refractivity contribution < 1.29 is 14.3 Å². The van der Waals surface area contributed by atoms with Crippen LogP contribution in [0.1, 0.15) is 11.1 Å². The minimum Gasteiger partial charge on any atom is -0.472 e. The highest BCUT2D eigenvalue weighted by atomic mass is 19.1. The van der Waals surface area contributed by atoms with Gasteiger partial charge in [0.25, 0.3) is 0 Å². The SMILES string of the molecule is Cc1cc(C#CC(=O)O)ccc1F. The van der Waals surface area contributed by atoms with Crippen molar-refractivity contribution in [1.82, 2.24) is 0 Å². The van der Waals surface area contributed by atoms with E-state index in [0.29, 0.717) is 11.1 Å². The molecule has 0 aliphatic rings. The number of carboxylic acids is 1. The van der Waals surface area contributed by atoms with Gasteiger partial charge in [-0.25, -0.2) is 9.18 Å². The lowest BCUT2D eigenvalue weighted by Gasteiger charge is -1.95. The summed E-state index contributed by atoms with van der Waals surface area (Å²) in [5.41, 5.74) is 0.957. The molecule has 0 radical (unpaired) electrons. The Kier molecular flexibility index (Phi) is 2.65. The standard InChI is InChI=1S/C10H7FO2/c1-7-6-8(2-4-9(7)11)3-5-10(12)13/h2,4,6H,1H3,(H,12,13). The first-order chi connectivity index (χ1) is 6.09. The molecular weight excluding hydrogens is 171 g/mol. The number of benzene rings is 1. The van der Waals surface area contributed by atoms with E-state index in [9.17, 15) is 9.18 Å². The zero-order valence-electron chi connectivity index (χ0n) is 6.97. The number of carbonyl (C=O) groups is 1. The lowest BCUT2D eigenvalue weighted by Crippen LogP contribution is -1.88. The highest BCUT2D eigenvalue weighted by Crippen LogP contribution is 2.07. The number of hydrogen-bond donors (Lipinski definition) is 1. The summed E-state index contributed by atoms with van der Waals surface area (Å²) in [5.74, 6) is 2.84. The highest BCUT2D eigenvalue weighted by Gasteiger charge is 1.96. The molecule has 0 atom stereocenters. The second-order valence-corrected chi connectivity index (χ2v) is 2.52. The third kappa shape index (κ3) is 2.60. The Morgan fingerprint density at radius 1 is 1.54 bits per heavy atom. The fourth-order valence-electron chi connectivity index (χ4n) is 0.848. The van der Waals surface area contributed by atoms with Gasteiger partial charge in [0.1, 0.15) is 5.82 Å². The van der Waals surface area contributed by atoms with E-state index in [2.05, 4.69) is 5.92 Å². The molecule has 1 rings (SSSR count). The zero-order chi connectivity index (χ0) is 9.84. The summed E-state index contributed by atoms with van der Waals surface area (Å²) >= 11 is 0. The van der Waals surface area contributed by atoms with Crippen molar-refractivity contribution in [2.45, 2.75) is 6.92 Å². The molecule has 0 saturated heterocycles. The summed E-state index contributed by atoms with van der Waals surface area (Å²) in [6.45, 7) is 1.60. The summed E-state index contributed by atoms with van der Waals surface area (Å²) in [6, 6.07) is 4.21. The molecule has 0 aliphatic heterocycles. The molecule has 0 fully saturated rings. The second-order valence-electron chi connectivity index (χ2n) is 2.52. The van der Waals surface area contributed by atoms with Crippen LogP contribution in [0, 0.1) is 24.6 Å². The number of hydrogen-bond acceptors (Lipinski definition) is 1. The Bertz CT molecular complexity index is 399. The van der Waals surface area contributed by atoms with Gasteiger partial charge in [0.15, 0.2) is 0 Å². The van der Waals surface area contributed by atoms with Crippen LogP contribution in [0.15, 0.2) is 18.2 Å². The monoisotopic (exact) mass is 178 g/mol. The van der Waals surface area contributed by atoms with Crippen molar-refractivity contribution in [3.63, 3.8) is 0 Å². The number of aryl methyl sites for hydroxylation is 1. The lowest BCUT2D eigenvalue weighted by molar-refractivity contribution is -0.130. The van der Waals surface area contributed by atoms with Gasteiger partial charge in [-0.1, -0.05) is 5.92 Å². The fourth-order valence-corrected chi connectivity index (χ4v) is 0.848. The van der Waals surface area contributed by atoms with Crippen LogP contribution in [0.4, 0.5) is 4.39 Å². The summed E-state index contributed by atoms with van der Waals surface area (Å²) in [5, 5.41) is 8.25. The molecule has 13 heavy (non-hydrogen) atoms. The predicted molar refractivity (Wildman–Crippen MR) is 45.7 cm³/mol. The van der Waals surface area contributed by atoms with E-state index < -0.39 is 5.97 Å². The van der Waals surface area contributed by atoms with Gasteiger partial charge in [-0.2, -0.15) is 0 Å². The van der Waals surface area contributed by atoms with Crippen molar-refractivity contribution in [3.8, 4) is 11.8 Å². The fraction of sp³-hybridized carbons (Fsp3) is 0.100. The van der Waals surface area contributed by atoms with Gasteiger partial charge in [-0.15, -0.1) is 0 Å². The van der Waals surface area contributed by atoms with Crippen LogP contribution in [0.3, 0.4) is 0 Å². The molecule has 1 aromatic rings. The van der Waals surface area contributed by atoms with E-state index in [0.717, 1.165) is 0 Å². The van der Waals surface area contributed by atoms with Crippen molar-refractivity contribution in [3.05, 3.63) is 35.1 Å². The average Bonchev–Trinajstić information content (AvgIpc) is 2.07. The van der Waals surface area contributed by atoms with E-state index in [1.807, 2.05) is 5.92 Å². The summed E-state index contributed by atoms with van der Waals surface area (Å²) in [4.78, 5) is 10.1. The molecule has 0 aromatic heterocycles.